The Morgan fingerprint density at radius 1 is 1.03 bits per heavy atom. The van der Waals surface area contributed by atoms with Crippen LogP contribution in [0.4, 0.5) is 4.39 Å². The molecular weight excluding hydrogens is 373 g/mol. The molecule has 0 unspecified atom stereocenters. The minimum atomic E-state index is -0.358. The van der Waals surface area contributed by atoms with Gasteiger partial charge in [0.2, 0.25) is 5.91 Å². The number of piperazine rings is 1. The zero-order valence-electron chi connectivity index (χ0n) is 16.6. The number of nitrogens with one attached hydrogen (secondary N) is 1. The van der Waals surface area contributed by atoms with Gasteiger partial charge in [0.1, 0.15) is 11.6 Å². The number of amides is 2. The smallest absolute Gasteiger partial charge is 0.253 e. The van der Waals surface area contributed by atoms with Gasteiger partial charge in [-0.25, -0.2) is 4.39 Å². The summed E-state index contributed by atoms with van der Waals surface area (Å²) in [5.41, 5.74) is 1.54. The number of carbonyl (C=O) groups excluding carboxylic acids is 2. The van der Waals surface area contributed by atoms with Crippen molar-refractivity contribution < 1.29 is 18.7 Å². The first-order valence-corrected chi connectivity index (χ1v) is 9.72. The van der Waals surface area contributed by atoms with Crippen molar-refractivity contribution in [2.45, 2.75) is 6.42 Å². The number of ether oxygens (including phenoxy) is 1. The van der Waals surface area contributed by atoms with Crippen molar-refractivity contribution in [3.63, 3.8) is 0 Å². The van der Waals surface area contributed by atoms with Crippen LogP contribution in [-0.2, 0) is 11.2 Å². The first-order chi connectivity index (χ1) is 14.1. The van der Waals surface area contributed by atoms with Gasteiger partial charge >= 0.3 is 0 Å². The predicted molar refractivity (Wildman–Crippen MR) is 108 cm³/mol. The Hall–Kier alpha value is -2.93. The van der Waals surface area contributed by atoms with Crippen molar-refractivity contribution in [3.05, 3.63) is 65.5 Å². The van der Waals surface area contributed by atoms with Crippen LogP contribution < -0.4 is 10.1 Å². The first-order valence-electron chi connectivity index (χ1n) is 9.72. The van der Waals surface area contributed by atoms with E-state index in [9.17, 15) is 14.0 Å². The molecule has 0 atom stereocenters. The van der Waals surface area contributed by atoms with Crippen molar-refractivity contribution in [3.8, 4) is 5.75 Å². The number of nitrogens with zero attached hydrogens (tertiary/aromatic N) is 2. The van der Waals surface area contributed by atoms with Crippen LogP contribution in [0.15, 0.2) is 48.5 Å². The lowest BCUT2D eigenvalue weighted by molar-refractivity contribution is -0.122. The molecule has 1 N–H and O–H groups in total. The Morgan fingerprint density at radius 2 is 1.72 bits per heavy atom. The summed E-state index contributed by atoms with van der Waals surface area (Å²) in [6.45, 7) is 3.21. The third kappa shape index (κ3) is 5.77. The third-order valence-corrected chi connectivity index (χ3v) is 5.03. The molecule has 1 saturated heterocycles. The molecule has 29 heavy (non-hydrogen) atoms. The second-order valence-corrected chi connectivity index (χ2v) is 6.99. The monoisotopic (exact) mass is 399 g/mol. The van der Waals surface area contributed by atoms with Gasteiger partial charge in [-0.05, 0) is 42.3 Å². The molecule has 2 aromatic rings. The van der Waals surface area contributed by atoms with Crippen molar-refractivity contribution in [2.24, 2.45) is 0 Å². The summed E-state index contributed by atoms with van der Waals surface area (Å²) >= 11 is 0. The molecule has 2 aromatic carbocycles. The number of methoxy groups -OCH3 is 1. The lowest BCUT2D eigenvalue weighted by atomic mass is 10.1. The molecule has 0 radical (unpaired) electrons. The Balaban J connectivity index is 1.39. The molecule has 0 aromatic heterocycles. The molecule has 0 aliphatic carbocycles. The zero-order valence-corrected chi connectivity index (χ0v) is 16.6. The Labute approximate surface area is 170 Å². The maximum Gasteiger partial charge on any atom is 0.253 e. The molecule has 6 nitrogen and oxygen atoms in total. The van der Waals surface area contributed by atoms with Gasteiger partial charge in [0, 0.05) is 38.3 Å². The van der Waals surface area contributed by atoms with E-state index < -0.39 is 0 Å². The molecule has 0 spiro atoms. The average Bonchev–Trinajstić information content (AvgIpc) is 2.74. The third-order valence-electron chi connectivity index (χ3n) is 5.03. The molecule has 1 aliphatic rings. The topological polar surface area (TPSA) is 61.9 Å². The zero-order chi connectivity index (χ0) is 20.6. The fourth-order valence-corrected chi connectivity index (χ4v) is 3.39. The summed E-state index contributed by atoms with van der Waals surface area (Å²) in [4.78, 5) is 28.5. The molecular formula is C22H26FN3O3. The van der Waals surface area contributed by atoms with Gasteiger partial charge in [0.25, 0.3) is 5.91 Å². The Bertz CT molecular complexity index is 833. The van der Waals surface area contributed by atoms with E-state index in [1.54, 1.807) is 12.0 Å². The van der Waals surface area contributed by atoms with E-state index in [4.69, 9.17) is 4.74 Å². The van der Waals surface area contributed by atoms with Gasteiger partial charge in [0.15, 0.2) is 0 Å². The van der Waals surface area contributed by atoms with Crippen LogP contribution in [-0.4, -0.2) is 68.0 Å². The molecule has 3 rings (SSSR count). The average molecular weight is 399 g/mol. The van der Waals surface area contributed by atoms with Crippen molar-refractivity contribution in [1.82, 2.24) is 15.1 Å². The Kier molecular flexibility index (Phi) is 7.19. The van der Waals surface area contributed by atoms with Crippen molar-refractivity contribution in [1.29, 1.82) is 0 Å². The summed E-state index contributed by atoms with van der Waals surface area (Å²) in [6, 6.07) is 13.3. The molecule has 1 aliphatic heterocycles. The fourth-order valence-electron chi connectivity index (χ4n) is 3.39. The summed E-state index contributed by atoms with van der Waals surface area (Å²) in [7, 11) is 1.64. The second-order valence-electron chi connectivity index (χ2n) is 6.99. The molecule has 7 heteroatoms. The standard InChI is InChI=1S/C22H26FN3O3/c1-29-20-5-3-2-4-17(20)10-11-24-21(27)16-25-12-14-26(15-13-25)22(28)18-6-8-19(23)9-7-18/h2-9H,10-16H2,1H3,(H,24,27). The van der Waals surface area contributed by atoms with Crippen molar-refractivity contribution in [2.75, 3.05) is 46.4 Å². The van der Waals surface area contributed by atoms with Gasteiger partial charge in [-0.1, -0.05) is 18.2 Å². The molecule has 1 heterocycles. The largest absolute Gasteiger partial charge is 0.496 e. The van der Waals surface area contributed by atoms with E-state index in [1.807, 2.05) is 29.2 Å². The number of benzene rings is 2. The van der Waals surface area contributed by atoms with Gasteiger partial charge < -0.3 is 15.0 Å². The van der Waals surface area contributed by atoms with Gasteiger partial charge in [-0.3, -0.25) is 14.5 Å². The van der Waals surface area contributed by atoms with Gasteiger partial charge in [0.05, 0.1) is 13.7 Å². The number of para-hydroxylation sites is 1. The predicted octanol–water partition coefficient (Wildman–Crippen LogP) is 1.95. The summed E-state index contributed by atoms with van der Waals surface area (Å²) in [5, 5.41) is 2.94. The van der Waals surface area contributed by atoms with Crippen LogP contribution >= 0.6 is 0 Å². The highest BCUT2D eigenvalue weighted by Crippen LogP contribution is 2.17. The van der Waals surface area contributed by atoms with E-state index in [1.165, 1.54) is 24.3 Å². The van der Waals surface area contributed by atoms with Crippen LogP contribution in [0.5, 0.6) is 5.75 Å². The van der Waals surface area contributed by atoms with Crippen molar-refractivity contribution >= 4 is 11.8 Å². The van der Waals surface area contributed by atoms with Crippen LogP contribution in [0.1, 0.15) is 15.9 Å². The number of hydrogen-bond acceptors (Lipinski definition) is 4. The van der Waals surface area contributed by atoms with E-state index in [2.05, 4.69) is 5.32 Å². The number of halogens is 1. The maximum absolute atomic E-state index is 13.0. The lowest BCUT2D eigenvalue weighted by Gasteiger charge is -2.34. The molecule has 154 valence electrons. The van der Waals surface area contributed by atoms with Crippen LogP contribution in [0.2, 0.25) is 0 Å². The Morgan fingerprint density at radius 3 is 2.41 bits per heavy atom. The second kappa shape index (κ2) is 10.0. The fraction of sp³-hybridized carbons (Fsp3) is 0.364. The van der Waals surface area contributed by atoms with Crippen LogP contribution in [0.3, 0.4) is 0 Å². The molecule has 2 amide bonds. The molecule has 0 bridgehead atoms. The van der Waals surface area contributed by atoms with Crippen LogP contribution in [0.25, 0.3) is 0 Å². The lowest BCUT2D eigenvalue weighted by Crippen LogP contribution is -2.51. The molecule has 1 fully saturated rings. The van der Waals surface area contributed by atoms with E-state index >= 15 is 0 Å². The summed E-state index contributed by atoms with van der Waals surface area (Å²) in [5.74, 6) is 0.330. The van der Waals surface area contributed by atoms with E-state index in [0.717, 1.165) is 11.3 Å². The minimum Gasteiger partial charge on any atom is -0.496 e. The number of hydrogen-bond donors (Lipinski definition) is 1. The van der Waals surface area contributed by atoms with E-state index in [-0.39, 0.29) is 17.6 Å². The minimum absolute atomic E-state index is 0.0294. The number of rotatable bonds is 7. The number of carbonyl (C=O) groups is 2. The molecule has 0 saturated carbocycles. The maximum atomic E-state index is 13.0. The first kappa shape index (κ1) is 20.8. The van der Waals surface area contributed by atoms with Gasteiger partial charge in [-0.15, -0.1) is 0 Å². The summed E-state index contributed by atoms with van der Waals surface area (Å²) in [6.07, 6.45) is 0.704. The highest BCUT2D eigenvalue weighted by molar-refractivity contribution is 5.94. The summed E-state index contributed by atoms with van der Waals surface area (Å²) < 4.78 is 18.3. The SMILES string of the molecule is COc1ccccc1CCNC(=O)CN1CCN(C(=O)c2ccc(F)cc2)CC1. The van der Waals surface area contributed by atoms with E-state index in [0.29, 0.717) is 51.3 Å². The normalized spacial score (nSPS) is 14.5. The highest BCUT2D eigenvalue weighted by Gasteiger charge is 2.23. The quantitative estimate of drug-likeness (QED) is 0.773. The highest BCUT2D eigenvalue weighted by atomic mass is 19.1. The van der Waals surface area contributed by atoms with Gasteiger partial charge in [-0.2, -0.15) is 0 Å². The van der Waals surface area contributed by atoms with Crippen LogP contribution in [0, 0.1) is 5.82 Å².